The van der Waals surface area contributed by atoms with Crippen LogP contribution in [0.15, 0.2) is 29.2 Å². The molecule has 48 valence electrons. The molecule has 1 aromatic heterocycles. The third kappa shape index (κ3) is 1.98. The molecule has 1 rings (SSSR count). The second-order valence-electron chi connectivity index (χ2n) is 1.79. The van der Waals surface area contributed by atoms with Gasteiger partial charge in [-0.2, -0.15) is 4.57 Å². The first-order valence-electron chi connectivity index (χ1n) is 2.96. The van der Waals surface area contributed by atoms with Crippen molar-refractivity contribution in [3.63, 3.8) is 0 Å². The molecule has 9 heavy (non-hydrogen) atoms. The van der Waals surface area contributed by atoms with Gasteiger partial charge in [-0.05, 0) is 13.0 Å². The summed E-state index contributed by atoms with van der Waals surface area (Å²) in [5, 5.41) is 2.07. The lowest BCUT2D eigenvalue weighted by atomic mass is 10.5. The van der Waals surface area contributed by atoms with Crippen LogP contribution in [0.1, 0.15) is 6.92 Å². The van der Waals surface area contributed by atoms with E-state index in [1.165, 1.54) is 0 Å². The molecule has 0 aliphatic heterocycles. The van der Waals surface area contributed by atoms with Crippen molar-refractivity contribution in [2.45, 2.75) is 13.5 Å². The third-order valence-corrected chi connectivity index (χ3v) is 1.75. The smallest absolute Gasteiger partial charge is 0.192 e. The number of thiazole rings is 1. The van der Waals surface area contributed by atoms with Gasteiger partial charge in [-0.15, -0.1) is 0 Å². The van der Waals surface area contributed by atoms with Crippen LogP contribution in [-0.2, 0) is 6.54 Å². The van der Waals surface area contributed by atoms with E-state index in [4.69, 9.17) is 0 Å². The molecule has 0 atom stereocenters. The average molecular weight is 140 g/mol. The van der Waals surface area contributed by atoms with E-state index in [1.807, 2.05) is 6.92 Å². The minimum atomic E-state index is 1.00. The van der Waals surface area contributed by atoms with Crippen LogP contribution in [0.2, 0.25) is 0 Å². The van der Waals surface area contributed by atoms with Crippen LogP contribution in [0.3, 0.4) is 0 Å². The Bertz CT molecular complexity index is 177. The summed E-state index contributed by atoms with van der Waals surface area (Å²) in [5.74, 6) is 0. The number of rotatable bonds is 2. The zero-order valence-electron chi connectivity index (χ0n) is 5.45. The van der Waals surface area contributed by atoms with Crippen molar-refractivity contribution in [3.05, 3.63) is 29.2 Å². The van der Waals surface area contributed by atoms with Crippen molar-refractivity contribution in [2.24, 2.45) is 0 Å². The first kappa shape index (κ1) is 6.49. The van der Waals surface area contributed by atoms with Gasteiger partial charge in [0.25, 0.3) is 0 Å². The van der Waals surface area contributed by atoms with Crippen molar-refractivity contribution in [3.8, 4) is 0 Å². The number of hydrogen-bond acceptors (Lipinski definition) is 1. The van der Waals surface area contributed by atoms with E-state index in [2.05, 4.69) is 33.8 Å². The average Bonchev–Trinajstić information content (AvgIpc) is 2.34. The summed E-state index contributed by atoms with van der Waals surface area (Å²) in [6, 6.07) is 0. The van der Waals surface area contributed by atoms with Gasteiger partial charge < -0.3 is 0 Å². The van der Waals surface area contributed by atoms with Gasteiger partial charge in [-0.1, -0.05) is 17.4 Å². The lowest BCUT2D eigenvalue weighted by molar-refractivity contribution is -0.682. The van der Waals surface area contributed by atoms with Gasteiger partial charge in [-0.25, -0.2) is 0 Å². The molecule has 0 unspecified atom stereocenters. The molecular weight excluding hydrogens is 130 g/mol. The Balaban J connectivity index is 2.48. The van der Waals surface area contributed by atoms with E-state index in [-0.39, 0.29) is 0 Å². The molecule has 0 bridgehead atoms. The molecule has 0 N–H and O–H groups in total. The summed E-state index contributed by atoms with van der Waals surface area (Å²) in [5.41, 5.74) is 2.10. The fraction of sp³-hybridized carbons (Fsp3) is 0.286. The normalized spacial score (nSPS) is 10.8. The molecule has 0 saturated carbocycles. The van der Waals surface area contributed by atoms with Gasteiger partial charge in [-0.3, -0.25) is 0 Å². The molecule has 0 aliphatic rings. The standard InChI is InChI=1S/C7H10NS/c1-2-3-4-8-5-6-9-7-8/h2-3,5-7H,4H2,1H3/q+1. The van der Waals surface area contributed by atoms with E-state index >= 15 is 0 Å². The quantitative estimate of drug-likeness (QED) is 0.434. The van der Waals surface area contributed by atoms with Crippen molar-refractivity contribution in [2.75, 3.05) is 0 Å². The summed E-state index contributed by atoms with van der Waals surface area (Å²) < 4.78 is 2.14. The van der Waals surface area contributed by atoms with E-state index in [0.29, 0.717) is 0 Å². The number of nitrogens with zero attached hydrogens (tertiary/aromatic N) is 1. The first-order valence-corrected chi connectivity index (χ1v) is 3.90. The molecule has 0 aliphatic carbocycles. The van der Waals surface area contributed by atoms with E-state index in [9.17, 15) is 0 Å². The van der Waals surface area contributed by atoms with Crippen LogP contribution in [0.4, 0.5) is 0 Å². The highest BCUT2D eigenvalue weighted by Gasteiger charge is 1.92. The van der Waals surface area contributed by atoms with Crippen LogP contribution < -0.4 is 4.57 Å². The molecule has 0 aromatic carbocycles. The largest absolute Gasteiger partial charge is 0.224 e. The van der Waals surface area contributed by atoms with Crippen molar-refractivity contribution >= 4 is 11.3 Å². The van der Waals surface area contributed by atoms with Gasteiger partial charge in [0.05, 0.1) is 5.38 Å². The highest BCUT2D eigenvalue weighted by atomic mass is 32.1. The molecule has 0 radical (unpaired) electrons. The van der Waals surface area contributed by atoms with Crippen LogP contribution in [-0.4, -0.2) is 0 Å². The summed E-state index contributed by atoms with van der Waals surface area (Å²) in [7, 11) is 0. The second kappa shape index (κ2) is 3.41. The first-order chi connectivity index (χ1) is 4.43. The SMILES string of the molecule is CC=CC[n+]1ccsc1. The maximum Gasteiger partial charge on any atom is 0.224 e. The molecule has 2 heteroatoms. The molecule has 0 spiro atoms. The molecule has 0 fully saturated rings. The molecule has 1 aromatic rings. The zero-order chi connectivity index (χ0) is 6.53. The van der Waals surface area contributed by atoms with Gasteiger partial charge in [0.15, 0.2) is 12.7 Å². The summed E-state index contributed by atoms with van der Waals surface area (Å²) in [6.07, 6.45) is 6.27. The summed E-state index contributed by atoms with van der Waals surface area (Å²) in [6.45, 7) is 3.03. The Hall–Kier alpha value is -0.630. The highest BCUT2D eigenvalue weighted by molar-refractivity contribution is 7.07. The second-order valence-corrected chi connectivity index (χ2v) is 2.55. The van der Waals surface area contributed by atoms with Crippen LogP contribution in [0.25, 0.3) is 0 Å². The lowest BCUT2D eigenvalue weighted by Crippen LogP contribution is -2.28. The Labute approximate surface area is 59.3 Å². The lowest BCUT2D eigenvalue weighted by Gasteiger charge is -1.79. The number of allylic oxidation sites excluding steroid dienone is 2. The Morgan fingerprint density at radius 3 is 3.11 bits per heavy atom. The van der Waals surface area contributed by atoms with Crippen molar-refractivity contribution < 1.29 is 4.57 Å². The van der Waals surface area contributed by atoms with Crippen LogP contribution in [0, 0.1) is 0 Å². The monoisotopic (exact) mass is 140 g/mol. The van der Waals surface area contributed by atoms with Crippen molar-refractivity contribution in [1.29, 1.82) is 0 Å². The maximum absolute atomic E-state index is 2.14. The minimum Gasteiger partial charge on any atom is -0.192 e. The van der Waals surface area contributed by atoms with E-state index in [0.717, 1.165) is 6.54 Å². The highest BCUT2D eigenvalue weighted by Crippen LogP contribution is 1.87. The summed E-state index contributed by atoms with van der Waals surface area (Å²) in [4.78, 5) is 0. The van der Waals surface area contributed by atoms with E-state index in [1.54, 1.807) is 11.3 Å². The van der Waals surface area contributed by atoms with E-state index < -0.39 is 0 Å². The topological polar surface area (TPSA) is 3.88 Å². The predicted molar refractivity (Wildman–Crippen MR) is 39.3 cm³/mol. The van der Waals surface area contributed by atoms with Gasteiger partial charge in [0.1, 0.15) is 0 Å². The van der Waals surface area contributed by atoms with Crippen LogP contribution in [0.5, 0.6) is 0 Å². The third-order valence-electron chi connectivity index (χ3n) is 1.08. The van der Waals surface area contributed by atoms with Crippen LogP contribution >= 0.6 is 11.3 Å². The van der Waals surface area contributed by atoms with Gasteiger partial charge in [0.2, 0.25) is 5.51 Å². The molecule has 1 heterocycles. The maximum atomic E-state index is 2.14. The Morgan fingerprint density at radius 1 is 1.67 bits per heavy atom. The molecule has 1 nitrogen and oxygen atoms in total. The zero-order valence-corrected chi connectivity index (χ0v) is 6.27. The van der Waals surface area contributed by atoms with Crippen molar-refractivity contribution in [1.82, 2.24) is 0 Å². The number of aromatic nitrogens is 1. The fourth-order valence-corrected chi connectivity index (χ4v) is 1.20. The Morgan fingerprint density at radius 2 is 2.56 bits per heavy atom. The fourth-order valence-electron chi connectivity index (χ4n) is 0.593. The molecule has 0 saturated heterocycles. The molecule has 0 amide bonds. The van der Waals surface area contributed by atoms with Gasteiger partial charge in [0, 0.05) is 0 Å². The van der Waals surface area contributed by atoms with Gasteiger partial charge >= 0.3 is 0 Å². The minimum absolute atomic E-state index is 1.00. The molecular formula is C7H10NS+. The summed E-state index contributed by atoms with van der Waals surface area (Å²) >= 11 is 1.72. The predicted octanol–water partition coefficient (Wildman–Crippen LogP) is 1.61. The Kier molecular flexibility index (Phi) is 2.46. The number of hydrogen-bond donors (Lipinski definition) is 0.